The molecule has 26 heavy (non-hydrogen) atoms. The molecule has 136 valence electrons. The van der Waals surface area contributed by atoms with E-state index in [9.17, 15) is 13.2 Å². The molecule has 0 fully saturated rings. The lowest BCUT2D eigenvalue weighted by Crippen LogP contribution is -2.36. The summed E-state index contributed by atoms with van der Waals surface area (Å²) >= 11 is 0. The van der Waals surface area contributed by atoms with E-state index in [1.54, 1.807) is 23.3 Å². The summed E-state index contributed by atoms with van der Waals surface area (Å²) < 4.78 is 30.1. The van der Waals surface area contributed by atoms with Crippen molar-refractivity contribution in [3.8, 4) is 22.6 Å². The van der Waals surface area contributed by atoms with Crippen LogP contribution in [0.5, 0.6) is 0 Å². The van der Waals surface area contributed by atoms with Crippen molar-refractivity contribution in [1.29, 1.82) is 0 Å². The number of nitrogens with zero attached hydrogens (tertiary/aromatic N) is 3. The smallest absolute Gasteiger partial charge is 0.235 e. The van der Waals surface area contributed by atoms with Gasteiger partial charge in [-0.2, -0.15) is 5.10 Å². The molecule has 1 aromatic carbocycles. The summed E-state index contributed by atoms with van der Waals surface area (Å²) in [7, 11) is -3.54. The van der Waals surface area contributed by atoms with Crippen molar-refractivity contribution in [2.45, 2.75) is 18.2 Å². The lowest BCUT2D eigenvalue weighted by molar-refractivity contribution is -0.117. The lowest BCUT2D eigenvalue weighted by atomic mass is 10.1. The highest BCUT2D eigenvalue weighted by molar-refractivity contribution is 7.92. The Labute approximate surface area is 150 Å². The number of amides is 1. The number of carbonyl (C=O) groups excluding carboxylic acids is 1. The third-order valence-electron chi connectivity index (χ3n) is 3.99. The summed E-state index contributed by atoms with van der Waals surface area (Å²) in [6, 6.07) is 7.63. The maximum atomic E-state index is 11.6. The highest BCUT2D eigenvalue weighted by Gasteiger charge is 2.26. The van der Waals surface area contributed by atoms with E-state index < -0.39 is 21.0 Å². The first-order valence-corrected chi connectivity index (χ1v) is 9.81. The quantitative estimate of drug-likeness (QED) is 0.669. The molecule has 8 nitrogen and oxygen atoms in total. The van der Waals surface area contributed by atoms with Crippen LogP contribution in [0.3, 0.4) is 0 Å². The van der Waals surface area contributed by atoms with Crippen molar-refractivity contribution < 1.29 is 17.6 Å². The van der Waals surface area contributed by atoms with Crippen molar-refractivity contribution in [2.75, 3.05) is 6.26 Å². The van der Waals surface area contributed by atoms with Crippen LogP contribution in [0.2, 0.25) is 0 Å². The number of aryl methyl sites for hydroxylation is 1. The fourth-order valence-electron chi connectivity index (χ4n) is 2.62. The van der Waals surface area contributed by atoms with Gasteiger partial charge in [0.1, 0.15) is 11.5 Å². The van der Waals surface area contributed by atoms with Gasteiger partial charge in [0.25, 0.3) is 0 Å². The Morgan fingerprint density at radius 2 is 1.92 bits per heavy atom. The second kappa shape index (κ2) is 7.12. The van der Waals surface area contributed by atoms with Crippen LogP contribution in [0.25, 0.3) is 22.6 Å². The van der Waals surface area contributed by atoms with Crippen LogP contribution >= 0.6 is 0 Å². The van der Waals surface area contributed by atoms with Crippen LogP contribution in [0.1, 0.15) is 6.42 Å². The van der Waals surface area contributed by atoms with Gasteiger partial charge in [0, 0.05) is 30.1 Å². The van der Waals surface area contributed by atoms with Gasteiger partial charge in [-0.25, -0.2) is 13.4 Å². The number of benzene rings is 1. The molecule has 0 bridgehead atoms. The highest BCUT2D eigenvalue weighted by atomic mass is 32.2. The maximum Gasteiger partial charge on any atom is 0.235 e. The molecule has 1 unspecified atom stereocenters. The number of nitrogens with two attached hydrogens (primary N) is 1. The molecule has 2 aromatic heterocycles. The standard InChI is InChI=1S/C17H18N4O4S/c1-26(23,24)15(16(18)22)6-8-21-11-14(10-20-21)12-2-4-13(5-3-12)17-19-7-9-25-17/h2-5,7,9-11,15H,6,8H2,1H3,(H2,18,22). The highest BCUT2D eigenvalue weighted by Crippen LogP contribution is 2.23. The second-order valence-electron chi connectivity index (χ2n) is 5.92. The Balaban J connectivity index is 1.71. The minimum absolute atomic E-state index is 0.0817. The molecule has 0 aliphatic carbocycles. The Bertz CT molecular complexity index is 992. The van der Waals surface area contributed by atoms with Crippen molar-refractivity contribution >= 4 is 15.7 Å². The van der Waals surface area contributed by atoms with Crippen LogP contribution in [0.4, 0.5) is 0 Å². The Morgan fingerprint density at radius 1 is 1.23 bits per heavy atom. The molecule has 0 aliphatic heterocycles. The van der Waals surface area contributed by atoms with Gasteiger partial charge in [-0.1, -0.05) is 12.1 Å². The monoisotopic (exact) mass is 374 g/mol. The van der Waals surface area contributed by atoms with E-state index in [0.717, 1.165) is 22.9 Å². The lowest BCUT2D eigenvalue weighted by Gasteiger charge is -2.10. The van der Waals surface area contributed by atoms with Crippen molar-refractivity contribution in [2.24, 2.45) is 5.73 Å². The van der Waals surface area contributed by atoms with Crippen molar-refractivity contribution in [1.82, 2.24) is 14.8 Å². The van der Waals surface area contributed by atoms with Gasteiger partial charge >= 0.3 is 0 Å². The van der Waals surface area contributed by atoms with Gasteiger partial charge in [-0.3, -0.25) is 9.48 Å². The van der Waals surface area contributed by atoms with Crippen molar-refractivity contribution in [3.05, 3.63) is 49.1 Å². The van der Waals surface area contributed by atoms with E-state index in [-0.39, 0.29) is 13.0 Å². The Hall–Kier alpha value is -2.94. The van der Waals surface area contributed by atoms with Gasteiger partial charge in [0.05, 0.1) is 12.4 Å². The molecule has 3 rings (SSSR count). The predicted molar refractivity (Wildman–Crippen MR) is 95.6 cm³/mol. The molecule has 0 saturated carbocycles. The van der Waals surface area contributed by atoms with Crippen molar-refractivity contribution in [3.63, 3.8) is 0 Å². The Morgan fingerprint density at radius 3 is 2.50 bits per heavy atom. The fraction of sp³-hybridized carbons (Fsp3) is 0.235. The molecule has 1 atom stereocenters. The number of rotatable bonds is 7. The molecule has 9 heteroatoms. The minimum atomic E-state index is -3.54. The molecule has 0 aliphatic rings. The second-order valence-corrected chi connectivity index (χ2v) is 8.14. The van der Waals surface area contributed by atoms with Gasteiger partial charge in [-0.15, -0.1) is 0 Å². The molecule has 1 amide bonds. The topological polar surface area (TPSA) is 121 Å². The van der Waals surface area contributed by atoms with E-state index in [1.807, 2.05) is 24.3 Å². The normalized spacial score (nSPS) is 12.8. The first kappa shape index (κ1) is 17.9. The zero-order chi connectivity index (χ0) is 18.7. The van der Waals surface area contributed by atoms with Gasteiger partial charge in [0.2, 0.25) is 11.8 Å². The predicted octanol–water partition coefficient (Wildman–Crippen LogP) is 1.49. The number of hydrogen-bond acceptors (Lipinski definition) is 6. The SMILES string of the molecule is CS(=O)(=O)C(CCn1cc(-c2ccc(-c3ncco3)cc2)cn1)C(N)=O. The van der Waals surface area contributed by atoms with Crippen LogP contribution in [0.15, 0.2) is 53.5 Å². The molecule has 0 spiro atoms. The van der Waals surface area contributed by atoms with Crippen LogP contribution in [-0.4, -0.2) is 40.6 Å². The molecular weight excluding hydrogens is 356 g/mol. The first-order chi connectivity index (χ1) is 12.3. The number of carbonyl (C=O) groups is 1. The zero-order valence-corrected chi connectivity index (χ0v) is 14.9. The van der Waals surface area contributed by atoms with E-state index in [0.29, 0.717) is 5.89 Å². The van der Waals surface area contributed by atoms with E-state index >= 15 is 0 Å². The molecule has 0 radical (unpaired) electrons. The number of oxazole rings is 1. The summed E-state index contributed by atoms with van der Waals surface area (Å²) in [6.45, 7) is 0.273. The molecule has 2 heterocycles. The summed E-state index contributed by atoms with van der Waals surface area (Å²) in [5.41, 5.74) is 7.86. The van der Waals surface area contributed by atoms with Crippen LogP contribution < -0.4 is 5.73 Å². The zero-order valence-electron chi connectivity index (χ0n) is 14.1. The molecule has 3 aromatic rings. The Kier molecular flexibility index (Phi) is 4.90. The molecule has 0 saturated heterocycles. The molecular formula is C17H18N4O4S. The average molecular weight is 374 g/mol. The van der Waals surface area contributed by atoms with E-state index in [2.05, 4.69) is 10.1 Å². The summed E-state index contributed by atoms with van der Waals surface area (Å²) in [4.78, 5) is 15.4. The molecule has 2 N–H and O–H groups in total. The minimum Gasteiger partial charge on any atom is -0.445 e. The number of primary amides is 1. The number of hydrogen-bond donors (Lipinski definition) is 1. The number of aromatic nitrogens is 3. The average Bonchev–Trinajstić information content (AvgIpc) is 3.25. The summed E-state index contributed by atoms with van der Waals surface area (Å²) in [6.07, 6.45) is 7.66. The van der Waals surface area contributed by atoms with E-state index in [1.165, 1.54) is 6.26 Å². The van der Waals surface area contributed by atoms with Gasteiger partial charge < -0.3 is 10.2 Å². The number of sulfone groups is 1. The maximum absolute atomic E-state index is 11.6. The fourth-order valence-corrected chi connectivity index (χ4v) is 3.58. The summed E-state index contributed by atoms with van der Waals surface area (Å²) in [5.74, 6) is -0.299. The third-order valence-corrected chi connectivity index (χ3v) is 5.49. The largest absolute Gasteiger partial charge is 0.445 e. The van der Waals surface area contributed by atoms with Crippen LogP contribution in [-0.2, 0) is 21.2 Å². The first-order valence-electron chi connectivity index (χ1n) is 7.85. The summed E-state index contributed by atoms with van der Waals surface area (Å²) in [5, 5.41) is 3.00. The van der Waals surface area contributed by atoms with E-state index in [4.69, 9.17) is 10.2 Å². The van der Waals surface area contributed by atoms with Gasteiger partial charge in [0.15, 0.2) is 9.84 Å². The van der Waals surface area contributed by atoms with Crippen LogP contribution in [0, 0.1) is 0 Å². The van der Waals surface area contributed by atoms with Gasteiger partial charge in [-0.05, 0) is 24.1 Å². The third kappa shape index (κ3) is 3.99.